The van der Waals surface area contributed by atoms with Crippen molar-refractivity contribution in [2.24, 2.45) is 0 Å². The minimum absolute atomic E-state index is 0.0547. The van der Waals surface area contributed by atoms with Gasteiger partial charge in [0.1, 0.15) is 11.5 Å². The van der Waals surface area contributed by atoms with Crippen molar-refractivity contribution < 1.29 is 24.2 Å². The molecule has 1 aliphatic heterocycles. The zero-order valence-electron chi connectivity index (χ0n) is 14.6. The Labute approximate surface area is 164 Å². The number of amides is 2. The van der Waals surface area contributed by atoms with Crippen LogP contribution in [0, 0.1) is 0 Å². The number of carbonyl (C=O) groups excluding carboxylic acids is 2. The van der Waals surface area contributed by atoms with E-state index in [1.165, 1.54) is 13.2 Å². The Morgan fingerprint density at radius 3 is 2.48 bits per heavy atom. The van der Waals surface area contributed by atoms with Crippen molar-refractivity contribution in [3.05, 3.63) is 63.6 Å². The lowest BCUT2D eigenvalue weighted by molar-refractivity contribution is -0.136. The number of aromatic hydroxyl groups is 1. The van der Waals surface area contributed by atoms with Crippen LogP contribution >= 0.6 is 15.9 Å². The fourth-order valence-electron chi connectivity index (χ4n) is 2.87. The second-order valence-electron chi connectivity index (χ2n) is 5.74. The van der Waals surface area contributed by atoms with E-state index in [9.17, 15) is 14.7 Å². The average molecular weight is 433 g/mol. The van der Waals surface area contributed by atoms with Gasteiger partial charge in [0.2, 0.25) is 0 Å². The van der Waals surface area contributed by atoms with Crippen LogP contribution in [0.15, 0.2) is 52.5 Å². The van der Waals surface area contributed by atoms with Gasteiger partial charge >= 0.3 is 12.0 Å². The van der Waals surface area contributed by atoms with Gasteiger partial charge in [-0.15, -0.1) is 0 Å². The molecule has 0 spiro atoms. The summed E-state index contributed by atoms with van der Waals surface area (Å²) in [5.41, 5.74) is 1.45. The lowest BCUT2D eigenvalue weighted by Crippen LogP contribution is -2.45. The fraction of sp³-hybridized carbons (Fsp3) is 0.158. The first-order valence-corrected chi connectivity index (χ1v) is 8.76. The molecule has 2 aromatic rings. The number of nitrogens with one attached hydrogen (secondary N) is 2. The van der Waals surface area contributed by atoms with Gasteiger partial charge < -0.3 is 25.2 Å². The van der Waals surface area contributed by atoms with Crippen LogP contribution in [0.25, 0.3) is 5.70 Å². The molecule has 27 heavy (non-hydrogen) atoms. The molecule has 1 unspecified atom stereocenters. The third-order valence-electron chi connectivity index (χ3n) is 4.16. The van der Waals surface area contributed by atoms with Gasteiger partial charge in [0.25, 0.3) is 0 Å². The largest absolute Gasteiger partial charge is 0.508 e. The summed E-state index contributed by atoms with van der Waals surface area (Å²) in [5, 5.41) is 15.6. The number of carbonyl (C=O) groups is 2. The van der Waals surface area contributed by atoms with Crippen molar-refractivity contribution in [1.29, 1.82) is 0 Å². The Hall–Kier alpha value is -3.00. The highest BCUT2D eigenvalue weighted by atomic mass is 79.9. The molecule has 1 heterocycles. The molecule has 1 atom stereocenters. The monoisotopic (exact) mass is 432 g/mol. The van der Waals surface area contributed by atoms with E-state index >= 15 is 0 Å². The standard InChI is InChI=1S/C19H17BrN2O5/c1-26-12-6-3-10(4-7-12)16-15(18(24)27-2)17(22-19(25)21-16)13-9-11(20)5-8-14(13)23/h3-9,17,23H,1-2H3,(H2,21,22,25). The number of hydrogen-bond acceptors (Lipinski definition) is 5. The molecule has 0 aromatic heterocycles. The van der Waals surface area contributed by atoms with Gasteiger partial charge in [0.15, 0.2) is 0 Å². The summed E-state index contributed by atoms with van der Waals surface area (Å²) >= 11 is 3.34. The summed E-state index contributed by atoms with van der Waals surface area (Å²) in [6.45, 7) is 0. The summed E-state index contributed by atoms with van der Waals surface area (Å²) in [6.07, 6.45) is 0. The highest BCUT2D eigenvalue weighted by molar-refractivity contribution is 9.10. The van der Waals surface area contributed by atoms with Crippen LogP contribution in [-0.2, 0) is 9.53 Å². The number of methoxy groups -OCH3 is 2. The number of rotatable bonds is 4. The number of ether oxygens (including phenoxy) is 2. The summed E-state index contributed by atoms with van der Waals surface area (Å²) in [6, 6.07) is 10.3. The first-order chi connectivity index (χ1) is 12.9. The third kappa shape index (κ3) is 3.75. The quantitative estimate of drug-likeness (QED) is 0.644. The summed E-state index contributed by atoms with van der Waals surface area (Å²) in [7, 11) is 2.81. The molecule has 2 aromatic carbocycles. The van der Waals surface area contributed by atoms with Crippen molar-refractivity contribution in [2.75, 3.05) is 14.2 Å². The van der Waals surface area contributed by atoms with Gasteiger partial charge in [-0.3, -0.25) is 0 Å². The van der Waals surface area contributed by atoms with Gasteiger partial charge in [-0.05, 0) is 48.0 Å². The third-order valence-corrected chi connectivity index (χ3v) is 4.65. The minimum Gasteiger partial charge on any atom is -0.508 e. The van der Waals surface area contributed by atoms with E-state index in [0.29, 0.717) is 27.0 Å². The van der Waals surface area contributed by atoms with Crippen molar-refractivity contribution in [3.8, 4) is 11.5 Å². The molecule has 0 radical (unpaired) electrons. The normalized spacial score (nSPS) is 16.4. The van der Waals surface area contributed by atoms with E-state index in [1.54, 1.807) is 43.5 Å². The highest BCUT2D eigenvalue weighted by Crippen LogP contribution is 2.37. The smallest absolute Gasteiger partial charge is 0.338 e. The number of esters is 1. The number of phenolic OH excluding ortho intramolecular Hbond substituents is 1. The molecule has 0 aliphatic carbocycles. The Bertz CT molecular complexity index is 924. The second kappa shape index (κ2) is 7.71. The molecule has 2 amide bonds. The Morgan fingerprint density at radius 2 is 1.85 bits per heavy atom. The first kappa shape index (κ1) is 18.8. The van der Waals surface area contributed by atoms with Gasteiger partial charge in [-0.25, -0.2) is 9.59 Å². The fourth-order valence-corrected chi connectivity index (χ4v) is 3.25. The number of halogens is 1. The zero-order valence-corrected chi connectivity index (χ0v) is 16.2. The molecule has 3 N–H and O–H groups in total. The van der Waals surface area contributed by atoms with E-state index < -0.39 is 18.0 Å². The van der Waals surface area contributed by atoms with Crippen LogP contribution < -0.4 is 15.4 Å². The van der Waals surface area contributed by atoms with Crippen LogP contribution in [-0.4, -0.2) is 31.3 Å². The van der Waals surface area contributed by atoms with Crippen LogP contribution in [0.2, 0.25) is 0 Å². The van der Waals surface area contributed by atoms with Crippen LogP contribution in [0.3, 0.4) is 0 Å². The molecule has 8 heteroatoms. The van der Waals surface area contributed by atoms with Crippen molar-refractivity contribution >= 4 is 33.6 Å². The topological polar surface area (TPSA) is 96.9 Å². The van der Waals surface area contributed by atoms with Crippen molar-refractivity contribution in [2.45, 2.75) is 6.04 Å². The predicted octanol–water partition coefficient (Wildman–Crippen LogP) is 3.10. The molecule has 140 valence electrons. The maximum Gasteiger partial charge on any atom is 0.338 e. The SMILES string of the molecule is COC(=O)C1=C(c2ccc(OC)cc2)NC(=O)NC1c1cc(Br)ccc1O. The highest BCUT2D eigenvalue weighted by Gasteiger charge is 2.35. The maximum atomic E-state index is 12.6. The number of urea groups is 1. The first-order valence-electron chi connectivity index (χ1n) is 7.97. The molecule has 3 rings (SSSR count). The number of hydrogen-bond donors (Lipinski definition) is 3. The minimum atomic E-state index is -0.888. The van der Waals surface area contributed by atoms with Crippen LogP contribution in [0.1, 0.15) is 17.2 Å². The van der Waals surface area contributed by atoms with E-state index in [0.717, 1.165) is 0 Å². The Morgan fingerprint density at radius 1 is 1.15 bits per heavy atom. The zero-order chi connectivity index (χ0) is 19.6. The number of phenols is 1. The van der Waals surface area contributed by atoms with Crippen molar-refractivity contribution in [3.63, 3.8) is 0 Å². The van der Waals surface area contributed by atoms with E-state index in [1.807, 2.05) is 0 Å². The van der Waals surface area contributed by atoms with Gasteiger partial charge in [-0.1, -0.05) is 15.9 Å². The van der Waals surface area contributed by atoms with Gasteiger partial charge in [-0.2, -0.15) is 0 Å². The summed E-state index contributed by atoms with van der Waals surface area (Å²) in [4.78, 5) is 24.9. The molecule has 0 bridgehead atoms. The lowest BCUT2D eigenvalue weighted by atomic mass is 9.92. The van der Waals surface area contributed by atoms with E-state index in [4.69, 9.17) is 9.47 Å². The van der Waals surface area contributed by atoms with Gasteiger partial charge in [0, 0.05) is 10.0 Å². The summed E-state index contributed by atoms with van der Waals surface area (Å²) in [5.74, 6) is -0.0426. The second-order valence-corrected chi connectivity index (χ2v) is 6.66. The molecule has 1 aliphatic rings. The molecule has 7 nitrogen and oxygen atoms in total. The van der Waals surface area contributed by atoms with E-state index in [2.05, 4.69) is 26.6 Å². The average Bonchev–Trinajstić information content (AvgIpc) is 2.68. The Kier molecular flexibility index (Phi) is 5.36. The van der Waals surface area contributed by atoms with Crippen molar-refractivity contribution in [1.82, 2.24) is 10.6 Å². The lowest BCUT2D eigenvalue weighted by Gasteiger charge is -2.29. The molecule has 0 saturated heterocycles. The molecular weight excluding hydrogens is 416 g/mol. The summed E-state index contributed by atoms with van der Waals surface area (Å²) < 4.78 is 10.8. The molecule has 0 saturated carbocycles. The van der Waals surface area contributed by atoms with Crippen LogP contribution in [0.4, 0.5) is 4.79 Å². The predicted molar refractivity (Wildman–Crippen MR) is 102 cm³/mol. The number of benzene rings is 2. The maximum absolute atomic E-state index is 12.6. The Balaban J connectivity index is 2.21. The molecular formula is C19H17BrN2O5. The van der Waals surface area contributed by atoms with Crippen LogP contribution in [0.5, 0.6) is 11.5 Å². The van der Waals surface area contributed by atoms with E-state index in [-0.39, 0.29) is 11.3 Å². The molecule has 0 fully saturated rings. The van der Waals surface area contributed by atoms with Gasteiger partial charge in [0.05, 0.1) is 31.5 Å².